The van der Waals surface area contributed by atoms with Crippen molar-refractivity contribution in [2.24, 2.45) is 0 Å². The Kier molecular flexibility index (Phi) is 9.56. The smallest absolute Gasteiger partial charge is 0.507 e. The van der Waals surface area contributed by atoms with Crippen LogP contribution in [-0.4, -0.2) is 20.9 Å². The number of benzene rings is 2. The molecular weight excluding hydrogens is 523 g/mol. The molecule has 1 unspecified atom stereocenters. The zero-order valence-corrected chi connectivity index (χ0v) is 26.9. The van der Waals surface area contributed by atoms with Crippen molar-refractivity contribution in [2.75, 3.05) is 0 Å². The fourth-order valence-electron chi connectivity index (χ4n) is 4.41. The van der Waals surface area contributed by atoms with E-state index in [1.54, 1.807) is 18.2 Å². The molecule has 0 amide bonds. The fraction of sp³-hybridized carbons (Fsp3) is 0.485. The van der Waals surface area contributed by atoms with Crippen LogP contribution in [0, 0.1) is 0 Å². The van der Waals surface area contributed by atoms with Gasteiger partial charge in [-0.1, -0.05) is 89.2 Å². The SMILES string of the molecule is CC(C)(C)c1cc(/C=C(\O[P+](=O)O)C(=O)/C=C/c2cc(C(C)(C)C)c(O)c(C(C)(C)C)c2)cc(C(C)(C)C)c1O. The van der Waals surface area contributed by atoms with E-state index in [1.165, 1.54) is 12.2 Å². The van der Waals surface area contributed by atoms with Gasteiger partial charge >= 0.3 is 8.25 Å². The molecule has 0 aliphatic carbocycles. The number of phenols is 2. The highest BCUT2D eigenvalue weighted by Gasteiger charge is 2.29. The first-order valence-corrected chi connectivity index (χ1v) is 14.6. The minimum absolute atomic E-state index is 0.190. The second kappa shape index (κ2) is 11.5. The first kappa shape index (κ1) is 33.3. The van der Waals surface area contributed by atoms with Crippen LogP contribution in [0.1, 0.15) is 116 Å². The number of hydrogen-bond donors (Lipinski definition) is 3. The minimum atomic E-state index is -3.10. The summed E-state index contributed by atoms with van der Waals surface area (Å²) in [6.07, 6.45) is 4.34. The zero-order valence-electron chi connectivity index (χ0n) is 26.1. The minimum Gasteiger partial charge on any atom is -0.507 e. The summed E-state index contributed by atoms with van der Waals surface area (Å²) in [6, 6.07) is 7.22. The van der Waals surface area contributed by atoms with Crippen LogP contribution in [0.2, 0.25) is 0 Å². The van der Waals surface area contributed by atoms with Gasteiger partial charge in [0.25, 0.3) is 0 Å². The van der Waals surface area contributed by atoms with Gasteiger partial charge in [0.05, 0.1) is 0 Å². The van der Waals surface area contributed by atoms with E-state index in [0.29, 0.717) is 22.3 Å². The molecule has 2 rings (SSSR count). The number of ketones is 1. The van der Waals surface area contributed by atoms with Crippen molar-refractivity contribution in [1.29, 1.82) is 0 Å². The molecule has 0 saturated heterocycles. The summed E-state index contributed by atoms with van der Waals surface area (Å²) in [5.41, 5.74) is 2.71. The standard InChI is InChI=1S/C33H45O6P/c1-30(2,3)22-15-20(16-23(28(22)35)31(4,5)6)13-14-26(34)27(39-40(37)38)19-21-17-24(32(7,8)9)29(36)25(18-21)33(10,11)12/h13-19H,1-12H3,(H2-,34,35,36,37,38)/p+1. The molecule has 0 radical (unpaired) electrons. The molecule has 218 valence electrons. The maximum absolute atomic E-state index is 13.3. The molecule has 0 aromatic heterocycles. The van der Waals surface area contributed by atoms with Gasteiger partial charge in [0, 0.05) is 26.8 Å². The van der Waals surface area contributed by atoms with E-state index in [2.05, 4.69) is 0 Å². The Morgan fingerprint density at radius 1 is 0.675 bits per heavy atom. The summed E-state index contributed by atoms with van der Waals surface area (Å²) in [4.78, 5) is 22.8. The lowest BCUT2D eigenvalue weighted by atomic mass is 9.78. The van der Waals surface area contributed by atoms with E-state index in [-0.39, 0.29) is 28.1 Å². The first-order valence-electron chi connectivity index (χ1n) is 13.5. The van der Waals surface area contributed by atoms with Crippen molar-refractivity contribution < 1.29 is 29.0 Å². The molecule has 0 aliphatic heterocycles. The van der Waals surface area contributed by atoms with Gasteiger partial charge in [-0.2, -0.15) is 0 Å². The number of carbonyl (C=O) groups is 1. The second-order valence-corrected chi connectivity index (χ2v) is 15.1. The van der Waals surface area contributed by atoms with Gasteiger partial charge in [-0.15, -0.1) is 4.89 Å². The number of rotatable bonds is 6. The fourth-order valence-corrected chi connectivity index (χ4v) is 4.72. The van der Waals surface area contributed by atoms with Crippen molar-refractivity contribution in [3.8, 4) is 11.5 Å². The normalized spacial score (nSPS) is 14.0. The van der Waals surface area contributed by atoms with Crippen LogP contribution in [0.25, 0.3) is 12.2 Å². The average molecular weight is 570 g/mol. The van der Waals surface area contributed by atoms with Gasteiger partial charge < -0.3 is 10.2 Å². The van der Waals surface area contributed by atoms with Crippen LogP contribution in [0.5, 0.6) is 11.5 Å². The number of hydrogen-bond acceptors (Lipinski definition) is 5. The summed E-state index contributed by atoms with van der Waals surface area (Å²) >= 11 is 0. The number of allylic oxidation sites excluding steroid dienone is 1. The molecule has 0 saturated carbocycles. The Bertz CT molecular complexity index is 1280. The summed E-state index contributed by atoms with van der Waals surface area (Å²) in [5, 5.41) is 22.0. The maximum Gasteiger partial charge on any atom is 0.747 e. The third kappa shape index (κ3) is 8.28. The van der Waals surface area contributed by atoms with Crippen LogP contribution in [0.3, 0.4) is 0 Å². The van der Waals surface area contributed by atoms with Crippen LogP contribution in [0.15, 0.2) is 36.1 Å². The van der Waals surface area contributed by atoms with E-state index >= 15 is 0 Å². The Labute approximate surface area is 240 Å². The largest absolute Gasteiger partial charge is 0.747 e. The molecule has 0 aliphatic rings. The van der Waals surface area contributed by atoms with Gasteiger partial charge in [-0.05, 0) is 69.2 Å². The summed E-state index contributed by atoms with van der Waals surface area (Å²) < 4.78 is 16.8. The van der Waals surface area contributed by atoms with E-state index in [1.807, 2.05) is 95.2 Å². The lowest BCUT2D eigenvalue weighted by Gasteiger charge is -2.28. The van der Waals surface area contributed by atoms with Gasteiger partial charge in [0.2, 0.25) is 11.5 Å². The molecular formula is C33H46O6P+. The van der Waals surface area contributed by atoms with E-state index in [0.717, 1.165) is 11.1 Å². The summed E-state index contributed by atoms with van der Waals surface area (Å²) in [5.74, 6) is -0.462. The number of aromatic hydroxyl groups is 2. The topological polar surface area (TPSA) is 104 Å². The van der Waals surface area contributed by atoms with Crippen LogP contribution in [-0.2, 0) is 35.5 Å². The van der Waals surface area contributed by atoms with Gasteiger partial charge in [-0.3, -0.25) is 4.79 Å². The Balaban J connectivity index is 2.68. The van der Waals surface area contributed by atoms with Gasteiger partial charge in [0.1, 0.15) is 11.5 Å². The van der Waals surface area contributed by atoms with Crippen LogP contribution >= 0.6 is 8.25 Å². The zero-order chi connectivity index (χ0) is 31.0. The average Bonchev–Trinajstić information content (AvgIpc) is 2.75. The Hall–Kier alpha value is -2.95. The molecule has 40 heavy (non-hydrogen) atoms. The van der Waals surface area contributed by atoms with E-state index in [4.69, 9.17) is 4.52 Å². The molecule has 3 N–H and O–H groups in total. The van der Waals surface area contributed by atoms with Crippen molar-refractivity contribution in [2.45, 2.75) is 105 Å². The van der Waals surface area contributed by atoms with Crippen LogP contribution in [0.4, 0.5) is 0 Å². The lowest BCUT2D eigenvalue weighted by molar-refractivity contribution is -0.113. The van der Waals surface area contributed by atoms with Gasteiger partial charge in [0.15, 0.2) is 0 Å². The molecule has 1 atom stereocenters. The monoisotopic (exact) mass is 569 g/mol. The van der Waals surface area contributed by atoms with E-state index < -0.39 is 24.9 Å². The predicted molar refractivity (Wildman–Crippen MR) is 164 cm³/mol. The molecule has 2 aromatic carbocycles. The highest BCUT2D eigenvalue weighted by molar-refractivity contribution is 7.32. The molecule has 0 bridgehead atoms. The van der Waals surface area contributed by atoms with Gasteiger partial charge in [-0.25, -0.2) is 4.52 Å². The Morgan fingerprint density at radius 2 is 1.00 bits per heavy atom. The maximum atomic E-state index is 13.3. The number of phenolic OH excluding ortho intramolecular Hbond substituents is 2. The van der Waals surface area contributed by atoms with Crippen molar-refractivity contribution >= 4 is 26.2 Å². The second-order valence-electron chi connectivity index (χ2n) is 14.5. The van der Waals surface area contributed by atoms with Crippen molar-refractivity contribution in [1.82, 2.24) is 0 Å². The quantitative estimate of drug-likeness (QED) is 0.183. The molecule has 0 spiro atoms. The van der Waals surface area contributed by atoms with Crippen LogP contribution < -0.4 is 0 Å². The molecule has 7 heteroatoms. The van der Waals surface area contributed by atoms with Crippen molar-refractivity contribution in [3.05, 3.63) is 69.5 Å². The molecule has 2 aromatic rings. The highest BCUT2D eigenvalue weighted by Crippen LogP contribution is 2.41. The number of carbonyl (C=O) groups excluding carboxylic acids is 1. The Morgan fingerprint density at radius 3 is 1.30 bits per heavy atom. The predicted octanol–water partition coefficient (Wildman–Crippen LogP) is 8.58. The van der Waals surface area contributed by atoms with E-state index in [9.17, 15) is 24.5 Å². The highest BCUT2D eigenvalue weighted by atomic mass is 31.1. The third-order valence-electron chi connectivity index (χ3n) is 6.64. The summed E-state index contributed by atoms with van der Waals surface area (Å²) in [7, 11) is -3.10. The third-order valence-corrected chi connectivity index (χ3v) is 6.99. The molecule has 6 nitrogen and oxygen atoms in total. The summed E-state index contributed by atoms with van der Waals surface area (Å²) in [6.45, 7) is 23.9. The lowest BCUT2D eigenvalue weighted by Crippen LogP contribution is -2.17. The molecule has 0 heterocycles. The first-order chi connectivity index (χ1) is 17.9. The van der Waals surface area contributed by atoms with Crippen molar-refractivity contribution in [3.63, 3.8) is 0 Å². The molecule has 0 fully saturated rings.